The number of amides is 3. The molecule has 0 unspecified atom stereocenters. The summed E-state index contributed by atoms with van der Waals surface area (Å²) >= 11 is 0. The number of carbonyl (C=O) groups excluding carboxylic acids is 3. The van der Waals surface area contributed by atoms with Gasteiger partial charge in [-0.2, -0.15) is 0 Å². The first kappa shape index (κ1) is 19.4. The van der Waals surface area contributed by atoms with E-state index in [-0.39, 0.29) is 18.6 Å². The third kappa shape index (κ3) is 4.30. The molecule has 0 radical (unpaired) electrons. The lowest BCUT2D eigenvalue weighted by molar-refractivity contribution is -0.141. The predicted molar refractivity (Wildman–Crippen MR) is 97.8 cm³/mol. The summed E-state index contributed by atoms with van der Waals surface area (Å²) < 4.78 is 10.7. The van der Waals surface area contributed by atoms with Crippen molar-refractivity contribution in [2.24, 2.45) is 0 Å². The van der Waals surface area contributed by atoms with Crippen LogP contribution in [0.2, 0.25) is 0 Å². The number of rotatable bonds is 6. The summed E-state index contributed by atoms with van der Waals surface area (Å²) in [6.45, 7) is 6.26. The Morgan fingerprint density at radius 3 is 2.63 bits per heavy atom. The Bertz CT molecular complexity index is 740. The molecule has 0 bridgehead atoms. The second-order valence-corrected chi connectivity index (χ2v) is 7.61. The first-order valence-corrected chi connectivity index (χ1v) is 9.27. The maximum absolute atomic E-state index is 13.0. The van der Waals surface area contributed by atoms with Crippen LogP contribution in [-0.2, 0) is 25.6 Å². The van der Waals surface area contributed by atoms with E-state index >= 15 is 0 Å². The van der Waals surface area contributed by atoms with Gasteiger partial charge in [-0.1, -0.05) is 24.3 Å². The van der Waals surface area contributed by atoms with Gasteiger partial charge in [-0.3, -0.25) is 9.59 Å². The average molecular weight is 374 g/mol. The van der Waals surface area contributed by atoms with E-state index in [0.717, 1.165) is 28.9 Å². The third-order valence-corrected chi connectivity index (χ3v) is 5.04. The van der Waals surface area contributed by atoms with Gasteiger partial charge in [-0.05, 0) is 44.7 Å². The van der Waals surface area contributed by atoms with E-state index in [0.29, 0.717) is 19.7 Å². The van der Waals surface area contributed by atoms with Crippen LogP contribution in [0.25, 0.3) is 0 Å². The van der Waals surface area contributed by atoms with Gasteiger partial charge in [0.05, 0.1) is 6.10 Å². The molecule has 2 aliphatic heterocycles. The minimum Gasteiger partial charge on any atom is -0.433 e. The lowest BCUT2D eigenvalue weighted by Crippen LogP contribution is -2.46. The van der Waals surface area contributed by atoms with Crippen LogP contribution in [-0.4, -0.2) is 59.1 Å². The standard InChI is InChI=1S/C20H26N2O5/c1-14-7-4-5-8-15(14)11-21(12-16-9-6-10-26-16)17(23)13-22-18(24)20(2,3)27-19(22)25/h4-5,7-8,16H,6,9-13H2,1-3H3/t16-/m0/s1. The fourth-order valence-electron chi connectivity index (χ4n) is 3.38. The van der Waals surface area contributed by atoms with Gasteiger partial charge in [0.15, 0.2) is 5.60 Å². The first-order chi connectivity index (χ1) is 12.8. The zero-order chi connectivity index (χ0) is 19.6. The Morgan fingerprint density at radius 2 is 2.04 bits per heavy atom. The fraction of sp³-hybridized carbons (Fsp3) is 0.550. The lowest BCUT2D eigenvalue weighted by Gasteiger charge is -2.27. The average Bonchev–Trinajstić information content (AvgIpc) is 3.18. The molecule has 2 aliphatic rings. The smallest absolute Gasteiger partial charge is 0.418 e. The van der Waals surface area contributed by atoms with E-state index in [1.807, 2.05) is 31.2 Å². The SMILES string of the molecule is Cc1ccccc1CN(C[C@@H]1CCCO1)C(=O)CN1C(=O)OC(C)(C)C1=O. The molecule has 1 atom stereocenters. The second kappa shape index (κ2) is 7.68. The second-order valence-electron chi connectivity index (χ2n) is 7.61. The van der Waals surface area contributed by atoms with E-state index in [2.05, 4.69) is 0 Å². The quantitative estimate of drug-likeness (QED) is 0.763. The molecule has 2 fully saturated rings. The summed E-state index contributed by atoms with van der Waals surface area (Å²) in [5.74, 6) is -0.787. The number of hydrogen-bond acceptors (Lipinski definition) is 5. The Kier molecular flexibility index (Phi) is 5.51. The van der Waals surface area contributed by atoms with Crippen LogP contribution >= 0.6 is 0 Å². The predicted octanol–water partition coefficient (Wildman–Crippen LogP) is 2.26. The molecule has 1 aromatic carbocycles. The molecular formula is C20H26N2O5. The number of aryl methyl sites for hydroxylation is 1. The summed E-state index contributed by atoms with van der Waals surface area (Å²) in [5.41, 5.74) is 0.882. The zero-order valence-electron chi connectivity index (χ0n) is 16.1. The van der Waals surface area contributed by atoms with E-state index in [9.17, 15) is 14.4 Å². The molecule has 3 rings (SSSR count). The molecule has 2 heterocycles. The van der Waals surface area contributed by atoms with Crippen LogP contribution in [0.5, 0.6) is 0 Å². The van der Waals surface area contributed by atoms with Crippen LogP contribution in [0, 0.1) is 6.92 Å². The zero-order valence-corrected chi connectivity index (χ0v) is 16.1. The van der Waals surface area contributed by atoms with Crippen molar-refractivity contribution in [2.75, 3.05) is 19.7 Å². The molecule has 0 saturated carbocycles. The van der Waals surface area contributed by atoms with Crippen molar-refractivity contribution in [2.45, 2.75) is 51.9 Å². The number of hydrogen-bond donors (Lipinski definition) is 0. The van der Waals surface area contributed by atoms with Crippen molar-refractivity contribution in [3.05, 3.63) is 35.4 Å². The monoisotopic (exact) mass is 374 g/mol. The van der Waals surface area contributed by atoms with E-state index in [1.165, 1.54) is 13.8 Å². The Balaban J connectivity index is 1.75. The number of cyclic esters (lactones) is 1. The molecule has 0 spiro atoms. The minimum atomic E-state index is -1.23. The summed E-state index contributed by atoms with van der Waals surface area (Å²) in [6, 6.07) is 7.85. The maximum atomic E-state index is 13.0. The number of carbonyl (C=O) groups is 3. The number of nitrogens with zero attached hydrogens (tertiary/aromatic N) is 2. The number of imide groups is 1. The van der Waals surface area contributed by atoms with Crippen molar-refractivity contribution in [3.63, 3.8) is 0 Å². The van der Waals surface area contributed by atoms with Crippen LogP contribution in [0.1, 0.15) is 37.8 Å². The van der Waals surface area contributed by atoms with Gasteiger partial charge < -0.3 is 14.4 Å². The molecular weight excluding hydrogens is 348 g/mol. The first-order valence-electron chi connectivity index (χ1n) is 9.27. The van der Waals surface area contributed by atoms with Gasteiger partial charge in [-0.25, -0.2) is 9.69 Å². The van der Waals surface area contributed by atoms with Crippen molar-refractivity contribution in [1.82, 2.24) is 9.80 Å². The molecule has 3 amide bonds. The van der Waals surface area contributed by atoms with Gasteiger partial charge in [0.1, 0.15) is 6.54 Å². The van der Waals surface area contributed by atoms with Gasteiger partial charge in [0.2, 0.25) is 5.91 Å². The Morgan fingerprint density at radius 1 is 1.30 bits per heavy atom. The minimum absolute atomic E-state index is 0.0179. The van der Waals surface area contributed by atoms with Crippen LogP contribution in [0.4, 0.5) is 4.79 Å². The molecule has 0 N–H and O–H groups in total. The van der Waals surface area contributed by atoms with E-state index in [4.69, 9.17) is 9.47 Å². The summed E-state index contributed by atoms with van der Waals surface area (Å²) in [5, 5.41) is 0. The Hall–Kier alpha value is -2.41. The van der Waals surface area contributed by atoms with Gasteiger partial charge in [-0.15, -0.1) is 0 Å². The molecule has 2 saturated heterocycles. The van der Waals surface area contributed by atoms with Crippen molar-refractivity contribution < 1.29 is 23.9 Å². The summed E-state index contributed by atoms with van der Waals surface area (Å²) in [6.07, 6.45) is 1.08. The molecule has 0 aromatic heterocycles. The van der Waals surface area contributed by atoms with Crippen LogP contribution in [0.15, 0.2) is 24.3 Å². The topological polar surface area (TPSA) is 76.2 Å². The maximum Gasteiger partial charge on any atom is 0.418 e. The van der Waals surface area contributed by atoms with E-state index in [1.54, 1.807) is 4.90 Å². The summed E-state index contributed by atoms with van der Waals surface area (Å²) in [7, 11) is 0. The van der Waals surface area contributed by atoms with Crippen molar-refractivity contribution >= 4 is 17.9 Å². The summed E-state index contributed by atoms with van der Waals surface area (Å²) in [4.78, 5) is 39.9. The normalized spacial score (nSPS) is 21.4. The van der Waals surface area contributed by atoms with Crippen molar-refractivity contribution in [3.8, 4) is 0 Å². The van der Waals surface area contributed by atoms with Crippen molar-refractivity contribution in [1.29, 1.82) is 0 Å². The highest BCUT2D eigenvalue weighted by atomic mass is 16.6. The highest BCUT2D eigenvalue weighted by molar-refractivity contribution is 6.04. The van der Waals surface area contributed by atoms with Crippen LogP contribution in [0.3, 0.4) is 0 Å². The Labute approximate surface area is 159 Å². The van der Waals surface area contributed by atoms with E-state index < -0.39 is 17.6 Å². The highest BCUT2D eigenvalue weighted by Crippen LogP contribution is 2.24. The molecule has 146 valence electrons. The highest BCUT2D eigenvalue weighted by Gasteiger charge is 2.48. The molecule has 27 heavy (non-hydrogen) atoms. The third-order valence-electron chi connectivity index (χ3n) is 5.04. The largest absolute Gasteiger partial charge is 0.433 e. The lowest BCUT2D eigenvalue weighted by atomic mass is 10.1. The number of ether oxygens (including phenoxy) is 2. The van der Waals surface area contributed by atoms with Gasteiger partial charge in [0.25, 0.3) is 5.91 Å². The fourth-order valence-corrected chi connectivity index (χ4v) is 3.38. The molecule has 1 aromatic rings. The molecule has 0 aliphatic carbocycles. The molecule has 7 nitrogen and oxygen atoms in total. The molecule has 7 heteroatoms. The van der Waals surface area contributed by atoms with Gasteiger partial charge >= 0.3 is 6.09 Å². The van der Waals surface area contributed by atoms with Crippen LogP contribution < -0.4 is 0 Å². The van der Waals surface area contributed by atoms with Gasteiger partial charge in [0, 0.05) is 19.7 Å². The number of benzene rings is 1.